The first-order chi connectivity index (χ1) is 15.3. The number of aliphatic carboxylic acids is 1. The Morgan fingerprint density at radius 3 is 2.59 bits per heavy atom. The van der Waals surface area contributed by atoms with E-state index in [-0.39, 0.29) is 12.3 Å². The number of carboxylic acids is 1. The lowest BCUT2D eigenvalue weighted by molar-refractivity contribution is -0.137. The SMILES string of the molecule is COc1ccc(C(C)C(=O)NC2(C)CC(C#N)=CC=C2CCCC(=O)O)c2ccccc12. The normalized spacial score (nSPS) is 18.8. The molecular weight excluding hydrogens is 404 g/mol. The van der Waals surface area contributed by atoms with Crippen LogP contribution >= 0.6 is 0 Å². The molecule has 0 fully saturated rings. The van der Waals surface area contributed by atoms with E-state index in [1.807, 2.05) is 56.3 Å². The van der Waals surface area contributed by atoms with Crippen molar-refractivity contribution in [1.82, 2.24) is 5.32 Å². The van der Waals surface area contributed by atoms with Gasteiger partial charge in [0.2, 0.25) is 5.91 Å². The molecule has 0 aliphatic heterocycles. The second kappa shape index (κ2) is 9.69. The van der Waals surface area contributed by atoms with Crippen LogP contribution < -0.4 is 10.1 Å². The Morgan fingerprint density at radius 2 is 1.94 bits per heavy atom. The summed E-state index contributed by atoms with van der Waals surface area (Å²) >= 11 is 0. The third kappa shape index (κ3) is 4.83. The molecule has 2 aromatic rings. The van der Waals surface area contributed by atoms with Crippen LogP contribution in [0.15, 0.2) is 59.7 Å². The highest BCUT2D eigenvalue weighted by Crippen LogP contribution is 2.35. The number of ether oxygens (including phenoxy) is 1. The number of nitriles is 1. The summed E-state index contributed by atoms with van der Waals surface area (Å²) in [4.78, 5) is 24.3. The van der Waals surface area contributed by atoms with Gasteiger partial charge in [-0.1, -0.05) is 36.4 Å². The van der Waals surface area contributed by atoms with Gasteiger partial charge in [0.15, 0.2) is 0 Å². The van der Waals surface area contributed by atoms with E-state index in [1.165, 1.54) is 0 Å². The Bertz CT molecular complexity index is 1140. The quantitative estimate of drug-likeness (QED) is 0.620. The number of rotatable bonds is 8. The smallest absolute Gasteiger partial charge is 0.303 e. The third-order valence-corrected chi connectivity index (χ3v) is 6.12. The van der Waals surface area contributed by atoms with Crippen LogP contribution in [-0.2, 0) is 9.59 Å². The minimum atomic E-state index is -0.847. The zero-order valence-corrected chi connectivity index (χ0v) is 18.6. The number of benzene rings is 2. The zero-order chi connectivity index (χ0) is 23.3. The number of hydrogen-bond donors (Lipinski definition) is 2. The van der Waals surface area contributed by atoms with E-state index in [4.69, 9.17) is 9.84 Å². The molecule has 2 N–H and O–H groups in total. The Labute approximate surface area is 188 Å². The molecule has 0 heterocycles. The predicted octanol–water partition coefficient (Wildman–Crippen LogP) is 4.86. The first-order valence-electron chi connectivity index (χ1n) is 10.7. The Balaban J connectivity index is 1.87. The second-order valence-corrected chi connectivity index (χ2v) is 8.37. The maximum atomic E-state index is 13.4. The number of hydrogen-bond acceptors (Lipinski definition) is 4. The maximum Gasteiger partial charge on any atom is 0.303 e. The van der Waals surface area contributed by atoms with Crippen LogP contribution in [0.4, 0.5) is 0 Å². The lowest BCUT2D eigenvalue weighted by Gasteiger charge is -2.36. The van der Waals surface area contributed by atoms with E-state index in [0.29, 0.717) is 24.8 Å². The van der Waals surface area contributed by atoms with Gasteiger partial charge in [0.05, 0.1) is 24.6 Å². The summed E-state index contributed by atoms with van der Waals surface area (Å²) < 4.78 is 5.47. The highest BCUT2D eigenvalue weighted by atomic mass is 16.5. The van der Waals surface area contributed by atoms with Gasteiger partial charge in [0.1, 0.15) is 5.75 Å². The number of carbonyl (C=O) groups excluding carboxylic acids is 1. The fourth-order valence-corrected chi connectivity index (χ4v) is 4.30. The van der Waals surface area contributed by atoms with Gasteiger partial charge in [-0.3, -0.25) is 9.59 Å². The summed E-state index contributed by atoms with van der Waals surface area (Å²) in [5.74, 6) is -0.672. The molecule has 32 heavy (non-hydrogen) atoms. The van der Waals surface area contributed by atoms with Crippen molar-refractivity contribution in [3.05, 3.63) is 65.3 Å². The molecule has 0 aromatic heterocycles. The summed E-state index contributed by atoms with van der Waals surface area (Å²) in [6, 6.07) is 13.8. The zero-order valence-electron chi connectivity index (χ0n) is 18.6. The summed E-state index contributed by atoms with van der Waals surface area (Å²) in [5, 5.41) is 23.4. The molecule has 0 saturated heterocycles. The number of fused-ring (bicyclic) bond motifs is 1. The van der Waals surface area contributed by atoms with Gasteiger partial charge >= 0.3 is 5.97 Å². The Hall–Kier alpha value is -3.59. The molecule has 3 rings (SSSR count). The molecule has 0 spiro atoms. The van der Waals surface area contributed by atoms with Gasteiger partial charge in [-0.2, -0.15) is 5.26 Å². The number of carbonyl (C=O) groups is 2. The van der Waals surface area contributed by atoms with Crippen LogP contribution in [0.2, 0.25) is 0 Å². The number of allylic oxidation sites excluding steroid dienone is 2. The van der Waals surface area contributed by atoms with Gasteiger partial charge in [-0.15, -0.1) is 0 Å². The van der Waals surface area contributed by atoms with Crippen molar-refractivity contribution in [2.75, 3.05) is 7.11 Å². The van der Waals surface area contributed by atoms with Crippen LogP contribution in [0.5, 0.6) is 5.75 Å². The van der Waals surface area contributed by atoms with Crippen molar-refractivity contribution in [3.8, 4) is 11.8 Å². The van der Waals surface area contributed by atoms with Crippen molar-refractivity contribution in [2.24, 2.45) is 0 Å². The van der Waals surface area contributed by atoms with Crippen molar-refractivity contribution < 1.29 is 19.4 Å². The Morgan fingerprint density at radius 1 is 1.22 bits per heavy atom. The first-order valence-corrected chi connectivity index (χ1v) is 10.7. The van der Waals surface area contributed by atoms with E-state index in [1.54, 1.807) is 13.2 Å². The summed E-state index contributed by atoms with van der Waals surface area (Å²) in [6.45, 7) is 3.77. The van der Waals surface area contributed by atoms with Gasteiger partial charge in [0, 0.05) is 23.8 Å². The number of nitrogens with zero attached hydrogens (tertiary/aromatic N) is 1. The highest BCUT2D eigenvalue weighted by molar-refractivity contribution is 5.96. The molecule has 6 nitrogen and oxygen atoms in total. The van der Waals surface area contributed by atoms with Crippen LogP contribution in [0, 0.1) is 11.3 Å². The fraction of sp³-hybridized carbons (Fsp3) is 0.346. The van der Waals surface area contributed by atoms with Crippen LogP contribution in [-0.4, -0.2) is 29.6 Å². The largest absolute Gasteiger partial charge is 0.496 e. The number of amides is 1. The molecule has 166 valence electrons. The highest BCUT2D eigenvalue weighted by Gasteiger charge is 2.35. The van der Waals surface area contributed by atoms with Crippen LogP contribution in [0.1, 0.15) is 51.0 Å². The van der Waals surface area contributed by atoms with E-state index >= 15 is 0 Å². The molecule has 1 aliphatic rings. The van der Waals surface area contributed by atoms with Crippen molar-refractivity contribution in [3.63, 3.8) is 0 Å². The van der Waals surface area contributed by atoms with E-state index < -0.39 is 17.4 Å². The van der Waals surface area contributed by atoms with Crippen molar-refractivity contribution in [2.45, 2.75) is 51.0 Å². The third-order valence-electron chi connectivity index (χ3n) is 6.12. The molecule has 1 aliphatic carbocycles. The molecule has 0 bridgehead atoms. The van der Waals surface area contributed by atoms with Gasteiger partial charge in [-0.05, 0) is 55.4 Å². The van der Waals surface area contributed by atoms with E-state index in [2.05, 4.69) is 11.4 Å². The maximum absolute atomic E-state index is 13.4. The number of nitrogens with one attached hydrogen (secondary N) is 1. The minimum Gasteiger partial charge on any atom is -0.496 e. The molecule has 0 saturated carbocycles. The van der Waals surface area contributed by atoms with E-state index in [0.717, 1.165) is 27.7 Å². The number of methoxy groups -OCH3 is 1. The molecule has 2 atom stereocenters. The van der Waals surface area contributed by atoms with Crippen molar-refractivity contribution in [1.29, 1.82) is 5.26 Å². The molecular formula is C26H28N2O4. The molecule has 6 heteroatoms. The van der Waals surface area contributed by atoms with Crippen LogP contribution in [0.25, 0.3) is 10.8 Å². The first kappa shape index (κ1) is 23.1. The average molecular weight is 433 g/mol. The monoisotopic (exact) mass is 432 g/mol. The molecule has 2 unspecified atom stereocenters. The fourth-order valence-electron chi connectivity index (χ4n) is 4.30. The molecule has 1 amide bonds. The van der Waals surface area contributed by atoms with Crippen LogP contribution in [0.3, 0.4) is 0 Å². The lowest BCUT2D eigenvalue weighted by atomic mass is 9.78. The Kier molecular flexibility index (Phi) is 6.99. The van der Waals surface area contributed by atoms with Gasteiger partial charge in [-0.25, -0.2) is 0 Å². The summed E-state index contributed by atoms with van der Waals surface area (Å²) in [7, 11) is 1.63. The average Bonchev–Trinajstić information content (AvgIpc) is 2.78. The lowest BCUT2D eigenvalue weighted by Crippen LogP contribution is -2.50. The topological polar surface area (TPSA) is 99.4 Å². The minimum absolute atomic E-state index is 0.0599. The summed E-state index contributed by atoms with van der Waals surface area (Å²) in [6.07, 6.45) is 5.05. The van der Waals surface area contributed by atoms with Gasteiger partial charge in [0.25, 0.3) is 0 Å². The van der Waals surface area contributed by atoms with E-state index in [9.17, 15) is 14.9 Å². The number of carboxylic acid groups (broad SMARTS) is 1. The molecule has 0 radical (unpaired) electrons. The standard InChI is InChI=1S/C26H28N2O4/c1-17(20-13-14-23(32-3)22-9-5-4-8-21(20)22)25(31)28-26(2)15-18(16-27)11-12-19(26)7-6-10-24(29)30/h4-5,8-9,11-14,17H,6-7,10,15H2,1-3H3,(H,28,31)(H,29,30). The van der Waals surface area contributed by atoms with Gasteiger partial charge < -0.3 is 15.2 Å². The second-order valence-electron chi connectivity index (χ2n) is 8.37. The van der Waals surface area contributed by atoms with Crippen molar-refractivity contribution >= 4 is 22.6 Å². The predicted molar refractivity (Wildman–Crippen MR) is 123 cm³/mol. The summed E-state index contributed by atoms with van der Waals surface area (Å²) in [5.41, 5.74) is 1.66. The molecule has 2 aromatic carbocycles.